The molecule has 2 aliphatic rings. The third-order valence-corrected chi connectivity index (χ3v) is 7.51. The molecule has 2 aliphatic heterocycles. The Morgan fingerprint density at radius 3 is 2.79 bits per heavy atom. The van der Waals surface area contributed by atoms with Crippen LogP contribution in [0, 0.1) is 30.1 Å². The van der Waals surface area contributed by atoms with Gasteiger partial charge < -0.3 is 10.2 Å². The van der Waals surface area contributed by atoms with E-state index >= 15 is 0 Å². The number of rotatable bonds is 7. The molecule has 1 N–H and O–H groups in total. The maximum Gasteiger partial charge on any atom is 0.245 e. The summed E-state index contributed by atoms with van der Waals surface area (Å²) in [6.07, 6.45) is 4.87. The summed E-state index contributed by atoms with van der Waals surface area (Å²) in [6, 6.07) is 16.0. The lowest BCUT2D eigenvalue weighted by atomic mass is 9.81. The molecule has 2 fully saturated rings. The molecule has 2 amide bonds. The van der Waals surface area contributed by atoms with Gasteiger partial charge in [0.15, 0.2) is 0 Å². The van der Waals surface area contributed by atoms with Gasteiger partial charge in [-0.2, -0.15) is 5.26 Å². The van der Waals surface area contributed by atoms with Crippen LogP contribution in [0.5, 0.6) is 0 Å². The van der Waals surface area contributed by atoms with Gasteiger partial charge in [0.25, 0.3) is 0 Å². The van der Waals surface area contributed by atoms with Gasteiger partial charge in [0.2, 0.25) is 11.8 Å². The summed E-state index contributed by atoms with van der Waals surface area (Å²) >= 11 is 6.25. The first-order valence-electron chi connectivity index (χ1n) is 11.8. The first-order chi connectivity index (χ1) is 15.9. The first-order valence-corrected chi connectivity index (χ1v) is 12.1. The molecule has 33 heavy (non-hydrogen) atoms. The zero-order valence-corrected chi connectivity index (χ0v) is 19.8. The van der Waals surface area contributed by atoms with E-state index in [0.717, 1.165) is 44.3 Å². The van der Waals surface area contributed by atoms with Crippen molar-refractivity contribution in [3.05, 3.63) is 69.7 Å². The number of hydrogen-bond acceptors (Lipinski definition) is 3. The molecule has 2 aromatic carbocycles. The molecule has 0 aliphatic carbocycles. The Morgan fingerprint density at radius 1 is 1.27 bits per heavy atom. The number of likely N-dealkylation sites (tertiary alicyclic amines) is 1. The summed E-state index contributed by atoms with van der Waals surface area (Å²) in [4.78, 5) is 26.4. The quantitative estimate of drug-likeness (QED) is 0.659. The molecular weight excluding hydrogens is 434 g/mol. The summed E-state index contributed by atoms with van der Waals surface area (Å²) < 4.78 is 0. The Morgan fingerprint density at radius 2 is 2.09 bits per heavy atom. The van der Waals surface area contributed by atoms with Crippen LogP contribution in [-0.4, -0.2) is 35.8 Å². The van der Waals surface area contributed by atoms with Crippen molar-refractivity contribution < 1.29 is 9.59 Å². The minimum atomic E-state index is -0.355. The molecule has 0 spiro atoms. The van der Waals surface area contributed by atoms with Gasteiger partial charge in [-0.15, -0.1) is 0 Å². The van der Waals surface area contributed by atoms with Crippen LogP contribution in [0.4, 0.5) is 0 Å². The van der Waals surface area contributed by atoms with E-state index < -0.39 is 0 Å². The highest BCUT2D eigenvalue weighted by Gasteiger charge is 2.36. The van der Waals surface area contributed by atoms with Crippen molar-refractivity contribution in [2.75, 3.05) is 13.1 Å². The highest BCUT2D eigenvalue weighted by molar-refractivity contribution is 6.31. The van der Waals surface area contributed by atoms with Crippen molar-refractivity contribution in [3.63, 3.8) is 0 Å². The molecule has 2 heterocycles. The Labute approximate surface area is 200 Å². The number of nitrogens with one attached hydrogen (secondary N) is 1. The lowest BCUT2D eigenvalue weighted by Gasteiger charge is -2.26. The average molecular weight is 464 g/mol. The summed E-state index contributed by atoms with van der Waals surface area (Å²) in [5, 5.41) is 12.5. The Kier molecular flexibility index (Phi) is 7.35. The Hall–Kier alpha value is -2.84. The van der Waals surface area contributed by atoms with Crippen molar-refractivity contribution in [1.82, 2.24) is 10.2 Å². The second kappa shape index (κ2) is 10.4. The smallest absolute Gasteiger partial charge is 0.245 e. The molecule has 6 heteroatoms. The molecule has 2 aromatic rings. The molecule has 0 bridgehead atoms. The summed E-state index contributed by atoms with van der Waals surface area (Å²) in [5.74, 6) is 0.885. The van der Waals surface area contributed by atoms with Gasteiger partial charge in [0.1, 0.15) is 12.1 Å². The van der Waals surface area contributed by atoms with Crippen LogP contribution < -0.4 is 5.32 Å². The van der Waals surface area contributed by atoms with E-state index in [1.807, 2.05) is 17.0 Å². The third kappa shape index (κ3) is 5.57. The van der Waals surface area contributed by atoms with Gasteiger partial charge in [0, 0.05) is 19.5 Å². The molecule has 2 saturated heterocycles. The fourth-order valence-electron chi connectivity index (χ4n) is 5.17. The van der Waals surface area contributed by atoms with Gasteiger partial charge in [0.05, 0.1) is 10.6 Å². The maximum atomic E-state index is 12.9. The summed E-state index contributed by atoms with van der Waals surface area (Å²) in [7, 11) is 0. The van der Waals surface area contributed by atoms with E-state index in [-0.39, 0.29) is 17.9 Å². The van der Waals surface area contributed by atoms with Crippen LogP contribution in [0.2, 0.25) is 5.02 Å². The highest BCUT2D eigenvalue weighted by atomic mass is 35.5. The number of carbonyl (C=O) groups is 2. The number of hydrogen-bond donors (Lipinski definition) is 1. The first kappa shape index (κ1) is 23.3. The molecule has 0 radical (unpaired) electrons. The number of carbonyl (C=O) groups excluding carboxylic acids is 2. The second-order valence-corrected chi connectivity index (χ2v) is 9.75. The molecule has 172 valence electrons. The molecule has 0 aromatic heterocycles. The van der Waals surface area contributed by atoms with Crippen LogP contribution in [-0.2, 0) is 22.4 Å². The zero-order valence-electron chi connectivity index (χ0n) is 19.0. The predicted octanol–water partition coefficient (Wildman–Crippen LogP) is 4.44. The standard InChI is InChI=1S/C27H30ClN3O2/c1-18-4-2-3-5-20(18)15-21(8-6-19-7-9-22(16-29)24(28)14-19)23-12-13-31(17-23)27(33)25-10-11-26(32)30-25/h2-5,7,9,14,21,23,25H,6,8,10-13,15,17H2,1H3,(H,30,32). The van der Waals surface area contributed by atoms with Gasteiger partial charge in [-0.25, -0.2) is 0 Å². The number of nitrogens with zero attached hydrogens (tertiary/aromatic N) is 2. The van der Waals surface area contributed by atoms with E-state index in [2.05, 4.69) is 42.6 Å². The number of halogens is 1. The minimum absolute atomic E-state index is 0.0254. The van der Waals surface area contributed by atoms with E-state index in [9.17, 15) is 9.59 Å². The summed E-state index contributed by atoms with van der Waals surface area (Å²) in [6.45, 7) is 3.65. The van der Waals surface area contributed by atoms with Crippen LogP contribution in [0.15, 0.2) is 42.5 Å². The number of nitriles is 1. The van der Waals surface area contributed by atoms with E-state index in [1.165, 1.54) is 11.1 Å². The van der Waals surface area contributed by atoms with E-state index in [0.29, 0.717) is 35.3 Å². The highest BCUT2D eigenvalue weighted by Crippen LogP contribution is 2.32. The Balaban J connectivity index is 1.46. The number of amides is 2. The fraction of sp³-hybridized carbons (Fsp3) is 0.444. The van der Waals surface area contributed by atoms with Gasteiger partial charge in [-0.1, -0.05) is 41.9 Å². The van der Waals surface area contributed by atoms with Crippen LogP contribution in [0.1, 0.15) is 47.9 Å². The van der Waals surface area contributed by atoms with Gasteiger partial charge in [-0.3, -0.25) is 9.59 Å². The number of benzene rings is 2. The largest absolute Gasteiger partial charge is 0.344 e. The normalized spacial score (nSPS) is 21.0. The van der Waals surface area contributed by atoms with Gasteiger partial charge >= 0.3 is 0 Å². The zero-order chi connectivity index (χ0) is 23.4. The molecule has 3 unspecified atom stereocenters. The van der Waals surface area contributed by atoms with Crippen molar-refractivity contribution in [2.24, 2.45) is 11.8 Å². The van der Waals surface area contributed by atoms with Gasteiger partial charge in [-0.05, 0) is 79.7 Å². The lowest BCUT2D eigenvalue weighted by Crippen LogP contribution is -2.43. The molecule has 3 atom stereocenters. The average Bonchev–Trinajstić information content (AvgIpc) is 3.47. The van der Waals surface area contributed by atoms with Crippen LogP contribution in [0.25, 0.3) is 0 Å². The fourth-order valence-corrected chi connectivity index (χ4v) is 5.42. The third-order valence-electron chi connectivity index (χ3n) is 7.20. The minimum Gasteiger partial charge on any atom is -0.344 e. The van der Waals surface area contributed by atoms with E-state index in [4.69, 9.17) is 16.9 Å². The van der Waals surface area contributed by atoms with E-state index in [1.54, 1.807) is 6.07 Å². The Bertz CT molecular complexity index is 1080. The van der Waals surface area contributed by atoms with Crippen molar-refractivity contribution >= 4 is 23.4 Å². The molecular formula is C27H30ClN3O2. The number of aryl methyl sites for hydroxylation is 2. The SMILES string of the molecule is Cc1ccccc1CC(CCc1ccc(C#N)c(Cl)c1)C1CCN(C(=O)C2CCC(=O)N2)C1. The van der Waals surface area contributed by atoms with Crippen LogP contribution >= 0.6 is 11.6 Å². The van der Waals surface area contributed by atoms with Crippen molar-refractivity contribution in [3.8, 4) is 6.07 Å². The molecule has 4 rings (SSSR count). The maximum absolute atomic E-state index is 12.9. The van der Waals surface area contributed by atoms with Crippen LogP contribution in [0.3, 0.4) is 0 Å². The predicted molar refractivity (Wildman–Crippen MR) is 129 cm³/mol. The molecule has 0 saturated carbocycles. The summed E-state index contributed by atoms with van der Waals surface area (Å²) in [5.41, 5.74) is 4.28. The van der Waals surface area contributed by atoms with Crippen molar-refractivity contribution in [2.45, 2.75) is 51.5 Å². The second-order valence-electron chi connectivity index (χ2n) is 9.35. The monoisotopic (exact) mass is 463 g/mol. The topological polar surface area (TPSA) is 73.2 Å². The molecule has 5 nitrogen and oxygen atoms in total. The lowest BCUT2D eigenvalue weighted by molar-refractivity contribution is -0.133. The van der Waals surface area contributed by atoms with Crippen molar-refractivity contribution in [1.29, 1.82) is 5.26 Å².